The molecule has 0 bridgehead atoms. The second-order valence-electron chi connectivity index (χ2n) is 4.78. The van der Waals surface area contributed by atoms with E-state index in [1.54, 1.807) is 0 Å². The Morgan fingerprint density at radius 1 is 1.38 bits per heavy atom. The van der Waals surface area contributed by atoms with Crippen LogP contribution >= 0.6 is 0 Å². The van der Waals surface area contributed by atoms with E-state index >= 15 is 0 Å². The number of aryl methyl sites for hydroxylation is 1. The molecule has 88 valence electrons. The van der Waals surface area contributed by atoms with Gasteiger partial charge in [0.05, 0.1) is 12.3 Å². The van der Waals surface area contributed by atoms with Crippen molar-refractivity contribution in [3.63, 3.8) is 0 Å². The lowest BCUT2D eigenvalue weighted by Gasteiger charge is -2.20. The molecule has 3 heterocycles. The molecule has 0 saturated carbocycles. The van der Waals surface area contributed by atoms with Crippen LogP contribution in [0.1, 0.15) is 49.3 Å². The Bertz CT molecular complexity index is 369. The molecule has 2 aliphatic heterocycles. The molecule has 1 fully saturated rings. The number of aliphatic hydroxyl groups excluding tert-OH is 1. The number of hydrogen-bond acceptors (Lipinski definition) is 3. The average molecular weight is 222 g/mol. The monoisotopic (exact) mass is 222 g/mol. The highest BCUT2D eigenvalue weighted by atomic mass is 16.5. The summed E-state index contributed by atoms with van der Waals surface area (Å²) >= 11 is 0. The topological polar surface area (TPSA) is 47.3 Å². The van der Waals surface area contributed by atoms with E-state index in [1.807, 2.05) is 10.8 Å². The van der Waals surface area contributed by atoms with E-state index in [1.165, 1.54) is 0 Å². The van der Waals surface area contributed by atoms with Crippen LogP contribution in [0.3, 0.4) is 0 Å². The molecule has 2 aliphatic rings. The van der Waals surface area contributed by atoms with Gasteiger partial charge >= 0.3 is 0 Å². The lowest BCUT2D eigenvalue weighted by molar-refractivity contribution is 0.0759. The Balaban J connectivity index is 1.85. The van der Waals surface area contributed by atoms with E-state index in [2.05, 4.69) is 4.98 Å². The predicted molar refractivity (Wildman–Crippen MR) is 59.2 cm³/mol. The lowest BCUT2D eigenvalue weighted by Crippen LogP contribution is -2.16. The molecular weight excluding hydrogens is 204 g/mol. The van der Waals surface area contributed by atoms with Gasteiger partial charge in [-0.2, -0.15) is 0 Å². The van der Waals surface area contributed by atoms with Gasteiger partial charge in [0.2, 0.25) is 0 Å². The number of nitrogens with zero attached hydrogens (tertiary/aromatic N) is 2. The summed E-state index contributed by atoms with van der Waals surface area (Å²) in [5.74, 6) is 1.47. The molecule has 4 nitrogen and oxygen atoms in total. The molecule has 0 amide bonds. The maximum atomic E-state index is 9.86. The lowest BCUT2D eigenvalue weighted by atomic mass is 9.99. The van der Waals surface area contributed by atoms with Gasteiger partial charge in [-0.15, -0.1) is 0 Å². The molecule has 1 N–H and O–H groups in total. The summed E-state index contributed by atoms with van der Waals surface area (Å²) in [5.41, 5.74) is 1.11. The van der Waals surface area contributed by atoms with Crippen molar-refractivity contribution in [2.24, 2.45) is 0 Å². The molecule has 3 rings (SSSR count). The summed E-state index contributed by atoms with van der Waals surface area (Å²) < 4.78 is 7.42. The van der Waals surface area contributed by atoms with Crippen LogP contribution in [0.15, 0.2) is 6.20 Å². The van der Waals surface area contributed by atoms with Crippen molar-refractivity contribution in [1.29, 1.82) is 0 Å². The third kappa shape index (κ3) is 1.76. The Labute approximate surface area is 95.3 Å². The first kappa shape index (κ1) is 10.3. The highest BCUT2D eigenvalue weighted by Gasteiger charge is 2.24. The van der Waals surface area contributed by atoms with Gasteiger partial charge in [0, 0.05) is 25.1 Å². The summed E-state index contributed by atoms with van der Waals surface area (Å²) in [6, 6.07) is 0. The van der Waals surface area contributed by atoms with Gasteiger partial charge in [-0.1, -0.05) is 0 Å². The molecule has 1 saturated heterocycles. The van der Waals surface area contributed by atoms with Crippen molar-refractivity contribution in [3.05, 3.63) is 17.7 Å². The van der Waals surface area contributed by atoms with Crippen molar-refractivity contribution in [1.82, 2.24) is 9.55 Å². The van der Waals surface area contributed by atoms with Crippen LogP contribution < -0.4 is 0 Å². The summed E-state index contributed by atoms with van der Waals surface area (Å²) in [6.07, 6.45) is 6.82. The van der Waals surface area contributed by atoms with Gasteiger partial charge in [0.25, 0.3) is 0 Å². The smallest absolute Gasteiger partial charge is 0.131 e. The van der Waals surface area contributed by atoms with Gasteiger partial charge in [0.1, 0.15) is 12.1 Å². The largest absolute Gasteiger partial charge is 0.381 e. The minimum Gasteiger partial charge on any atom is -0.381 e. The summed E-state index contributed by atoms with van der Waals surface area (Å²) in [6.45, 7) is 1.67. The fraction of sp³-hybridized carbons (Fsp3) is 0.750. The molecule has 1 aromatic rings. The zero-order valence-corrected chi connectivity index (χ0v) is 9.43. The highest BCUT2D eigenvalue weighted by Crippen LogP contribution is 2.29. The number of aromatic nitrogens is 2. The molecule has 0 aliphatic carbocycles. The summed E-state index contributed by atoms with van der Waals surface area (Å²) in [4.78, 5) is 4.65. The first-order valence-corrected chi connectivity index (χ1v) is 6.18. The molecule has 2 atom stereocenters. The van der Waals surface area contributed by atoms with Gasteiger partial charge in [-0.25, -0.2) is 4.98 Å². The number of ether oxygens (including phenoxy) is 1. The minimum absolute atomic E-state index is 0.366. The van der Waals surface area contributed by atoms with Crippen molar-refractivity contribution < 1.29 is 9.84 Å². The molecule has 0 spiro atoms. The van der Waals surface area contributed by atoms with Crippen molar-refractivity contribution in [2.45, 2.75) is 44.2 Å². The molecule has 0 radical (unpaired) electrons. The number of aliphatic hydroxyl groups is 1. The molecule has 4 heteroatoms. The SMILES string of the molecule is OC1CCCc2nc(C3CCCOC3)cn21. The molecule has 16 heavy (non-hydrogen) atoms. The maximum absolute atomic E-state index is 9.86. The van der Waals surface area contributed by atoms with E-state index < -0.39 is 0 Å². The summed E-state index contributed by atoms with van der Waals surface area (Å²) in [7, 11) is 0. The van der Waals surface area contributed by atoms with Crippen LogP contribution in [0.5, 0.6) is 0 Å². The molecule has 0 aromatic carbocycles. The normalized spacial score (nSPS) is 30.1. The van der Waals surface area contributed by atoms with E-state index in [0.29, 0.717) is 5.92 Å². The maximum Gasteiger partial charge on any atom is 0.131 e. The molecule has 2 unspecified atom stereocenters. The third-order valence-electron chi connectivity index (χ3n) is 3.59. The van der Waals surface area contributed by atoms with Gasteiger partial charge in [-0.3, -0.25) is 0 Å². The number of rotatable bonds is 1. The van der Waals surface area contributed by atoms with Gasteiger partial charge < -0.3 is 14.4 Å². The fourth-order valence-corrected chi connectivity index (χ4v) is 2.65. The third-order valence-corrected chi connectivity index (χ3v) is 3.59. The van der Waals surface area contributed by atoms with Crippen LogP contribution in [0.4, 0.5) is 0 Å². The van der Waals surface area contributed by atoms with Crippen LogP contribution in [0.25, 0.3) is 0 Å². The van der Waals surface area contributed by atoms with Crippen LogP contribution in [0, 0.1) is 0 Å². The molecular formula is C12H18N2O2. The van der Waals surface area contributed by atoms with Gasteiger partial charge in [-0.05, 0) is 25.7 Å². The standard InChI is InChI=1S/C12H18N2O2/c15-12-5-1-4-11-13-10(7-14(11)12)9-3-2-6-16-8-9/h7,9,12,15H,1-6,8H2. The van der Waals surface area contributed by atoms with Crippen LogP contribution in [-0.4, -0.2) is 27.9 Å². The second kappa shape index (κ2) is 4.18. The molecule has 1 aromatic heterocycles. The fourth-order valence-electron chi connectivity index (χ4n) is 2.65. The first-order valence-electron chi connectivity index (χ1n) is 6.18. The first-order chi connectivity index (χ1) is 7.84. The van der Waals surface area contributed by atoms with Crippen molar-refractivity contribution in [2.75, 3.05) is 13.2 Å². The van der Waals surface area contributed by atoms with E-state index in [4.69, 9.17) is 4.74 Å². The Morgan fingerprint density at radius 3 is 3.06 bits per heavy atom. The van der Waals surface area contributed by atoms with Gasteiger partial charge in [0.15, 0.2) is 0 Å². The zero-order valence-electron chi connectivity index (χ0n) is 9.43. The number of fused-ring (bicyclic) bond motifs is 1. The average Bonchev–Trinajstić information content (AvgIpc) is 2.76. The minimum atomic E-state index is -0.366. The predicted octanol–water partition coefficient (Wildman–Crippen LogP) is 1.60. The van der Waals surface area contributed by atoms with Crippen LogP contribution in [0.2, 0.25) is 0 Å². The number of imidazole rings is 1. The quantitative estimate of drug-likeness (QED) is 0.785. The Kier molecular flexibility index (Phi) is 2.69. The van der Waals surface area contributed by atoms with E-state index in [0.717, 1.165) is 56.8 Å². The Morgan fingerprint density at radius 2 is 2.31 bits per heavy atom. The van der Waals surface area contributed by atoms with Crippen molar-refractivity contribution in [3.8, 4) is 0 Å². The highest BCUT2D eigenvalue weighted by molar-refractivity contribution is 5.12. The zero-order chi connectivity index (χ0) is 11.0. The number of hydrogen-bond donors (Lipinski definition) is 1. The summed E-state index contributed by atoms with van der Waals surface area (Å²) in [5, 5.41) is 9.86. The van der Waals surface area contributed by atoms with E-state index in [9.17, 15) is 5.11 Å². The van der Waals surface area contributed by atoms with Crippen LogP contribution in [-0.2, 0) is 11.2 Å². The Hall–Kier alpha value is -0.870. The van der Waals surface area contributed by atoms with E-state index in [-0.39, 0.29) is 6.23 Å². The van der Waals surface area contributed by atoms with Crippen molar-refractivity contribution >= 4 is 0 Å². The second-order valence-corrected chi connectivity index (χ2v) is 4.78.